The van der Waals surface area contributed by atoms with E-state index in [-0.39, 0.29) is 11.8 Å². The minimum absolute atomic E-state index is 0.102. The highest BCUT2D eigenvalue weighted by atomic mass is 35.5. The molecule has 1 N–H and O–H groups in total. The van der Waals surface area contributed by atoms with Crippen LogP contribution in [0.5, 0.6) is 0 Å². The first kappa shape index (κ1) is 20.1. The van der Waals surface area contributed by atoms with Crippen LogP contribution in [0.3, 0.4) is 0 Å². The predicted octanol–water partition coefficient (Wildman–Crippen LogP) is 3.13. The number of piperidine rings is 2. The summed E-state index contributed by atoms with van der Waals surface area (Å²) >= 11 is 5.92. The van der Waals surface area contributed by atoms with Crippen LogP contribution < -0.4 is 10.2 Å². The molecule has 0 radical (unpaired) electrons. The van der Waals surface area contributed by atoms with E-state index in [4.69, 9.17) is 11.6 Å². The first-order valence-electron chi connectivity index (χ1n) is 10.5. The molecule has 0 aliphatic carbocycles. The van der Waals surface area contributed by atoms with Gasteiger partial charge in [0.15, 0.2) is 0 Å². The number of halogens is 1. The fourth-order valence-corrected chi connectivity index (χ4v) is 4.31. The van der Waals surface area contributed by atoms with Crippen LogP contribution in [0.15, 0.2) is 42.7 Å². The second kappa shape index (κ2) is 9.55. The lowest BCUT2D eigenvalue weighted by Gasteiger charge is -2.35. The monoisotopic (exact) mass is 413 g/mol. The highest BCUT2D eigenvalue weighted by Crippen LogP contribution is 2.23. The first-order valence-corrected chi connectivity index (χ1v) is 10.8. The lowest BCUT2D eigenvalue weighted by atomic mass is 9.94. The third kappa shape index (κ3) is 5.46. The molecule has 0 saturated carbocycles. The van der Waals surface area contributed by atoms with E-state index in [0.29, 0.717) is 11.1 Å². The number of hydrogen-bond donors (Lipinski definition) is 1. The molecule has 6 nitrogen and oxygen atoms in total. The molecule has 2 aromatic heterocycles. The summed E-state index contributed by atoms with van der Waals surface area (Å²) in [4.78, 5) is 26.2. The SMILES string of the molecule is O=C(NC1CCN(Cc2ccccn2)CC1)C1CCN(c2ccc(Cl)cn2)CC1. The average Bonchev–Trinajstić information content (AvgIpc) is 2.76. The highest BCUT2D eigenvalue weighted by Gasteiger charge is 2.28. The lowest BCUT2D eigenvalue weighted by Crippen LogP contribution is -2.48. The van der Waals surface area contributed by atoms with Gasteiger partial charge in [0.05, 0.1) is 10.7 Å². The molecular weight excluding hydrogens is 386 g/mol. The van der Waals surface area contributed by atoms with Crippen molar-refractivity contribution in [1.29, 1.82) is 0 Å². The van der Waals surface area contributed by atoms with Crippen molar-refractivity contribution >= 4 is 23.3 Å². The summed E-state index contributed by atoms with van der Waals surface area (Å²) in [5.74, 6) is 1.26. The summed E-state index contributed by atoms with van der Waals surface area (Å²) in [6, 6.07) is 10.1. The minimum Gasteiger partial charge on any atom is -0.357 e. The Morgan fingerprint density at radius 3 is 2.48 bits per heavy atom. The Hall–Kier alpha value is -2.18. The molecule has 0 spiro atoms. The fraction of sp³-hybridized carbons (Fsp3) is 0.500. The van der Waals surface area contributed by atoms with Crippen LogP contribution in [-0.4, -0.2) is 53.0 Å². The van der Waals surface area contributed by atoms with E-state index in [9.17, 15) is 4.79 Å². The molecule has 1 amide bonds. The topological polar surface area (TPSA) is 61.4 Å². The van der Waals surface area contributed by atoms with Crippen LogP contribution in [0, 0.1) is 5.92 Å². The summed E-state index contributed by atoms with van der Waals surface area (Å²) < 4.78 is 0. The molecule has 2 aromatic rings. The van der Waals surface area contributed by atoms with Gasteiger partial charge in [0.1, 0.15) is 5.82 Å². The predicted molar refractivity (Wildman–Crippen MR) is 115 cm³/mol. The molecule has 4 rings (SSSR count). The number of carbonyl (C=O) groups is 1. The molecular formula is C22H28ClN5O. The van der Waals surface area contributed by atoms with Gasteiger partial charge in [-0.15, -0.1) is 0 Å². The Labute approximate surface area is 177 Å². The van der Waals surface area contributed by atoms with Crippen LogP contribution in [0.4, 0.5) is 5.82 Å². The van der Waals surface area contributed by atoms with Gasteiger partial charge in [-0.05, 0) is 49.9 Å². The zero-order valence-electron chi connectivity index (χ0n) is 16.6. The van der Waals surface area contributed by atoms with E-state index in [1.165, 1.54) is 0 Å². The van der Waals surface area contributed by atoms with Gasteiger partial charge in [0.2, 0.25) is 5.91 Å². The molecule has 2 fully saturated rings. The highest BCUT2D eigenvalue weighted by molar-refractivity contribution is 6.30. The maximum absolute atomic E-state index is 12.7. The molecule has 0 bridgehead atoms. The van der Waals surface area contributed by atoms with Gasteiger partial charge in [-0.2, -0.15) is 0 Å². The Morgan fingerprint density at radius 2 is 1.83 bits per heavy atom. The summed E-state index contributed by atoms with van der Waals surface area (Å²) in [6.45, 7) is 4.60. The normalized spacial score (nSPS) is 19.3. The smallest absolute Gasteiger partial charge is 0.223 e. The average molecular weight is 414 g/mol. The quantitative estimate of drug-likeness (QED) is 0.815. The number of amides is 1. The van der Waals surface area contributed by atoms with Crippen LogP contribution >= 0.6 is 11.6 Å². The van der Waals surface area contributed by atoms with Gasteiger partial charge >= 0.3 is 0 Å². The van der Waals surface area contributed by atoms with Gasteiger partial charge in [0.25, 0.3) is 0 Å². The van der Waals surface area contributed by atoms with Crippen LogP contribution in [0.25, 0.3) is 0 Å². The molecule has 154 valence electrons. The standard InChI is InChI=1S/C22H28ClN5O/c23-18-4-5-21(25-15-18)28-13-6-17(7-14-28)22(29)26-19-8-11-27(12-9-19)16-20-3-1-2-10-24-20/h1-5,10,15,17,19H,6-9,11-14,16H2,(H,26,29). The first-order chi connectivity index (χ1) is 14.2. The molecule has 0 aromatic carbocycles. The number of nitrogens with one attached hydrogen (secondary N) is 1. The zero-order valence-corrected chi connectivity index (χ0v) is 17.4. The molecule has 2 saturated heterocycles. The molecule has 0 atom stereocenters. The van der Waals surface area contributed by atoms with Crippen molar-refractivity contribution in [3.63, 3.8) is 0 Å². The van der Waals surface area contributed by atoms with E-state index in [0.717, 1.165) is 69.9 Å². The largest absolute Gasteiger partial charge is 0.357 e. The summed E-state index contributed by atoms with van der Waals surface area (Å²) in [7, 11) is 0. The maximum Gasteiger partial charge on any atom is 0.223 e. The summed E-state index contributed by atoms with van der Waals surface area (Å²) in [5.41, 5.74) is 1.11. The third-order valence-corrected chi connectivity index (χ3v) is 6.17. The van der Waals surface area contributed by atoms with Gasteiger partial charge in [-0.25, -0.2) is 4.98 Å². The number of carbonyl (C=O) groups excluding carboxylic acids is 1. The number of aromatic nitrogens is 2. The maximum atomic E-state index is 12.7. The molecule has 4 heterocycles. The van der Waals surface area contributed by atoms with Crippen molar-refractivity contribution in [3.8, 4) is 0 Å². The van der Waals surface area contributed by atoms with E-state index in [2.05, 4.69) is 31.2 Å². The third-order valence-electron chi connectivity index (χ3n) is 5.95. The van der Waals surface area contributed by atoms with Crippen LogP contribution in [0.1, 0.15) is 31.4 Å². The van der Waals surface area contributed by atoms with E-state index in [1.807, 2.05) is 30.5 Å². The number of rotatable bonds is 5. The van der Waals surface area contributed by atoms with Gasteiger partial charge in [-0.3, -0.25) is 14.7 Å². The molecule has 0 unspecified atom stereocenters. The molecule has 29 heavy (non-hydrogen) atoms. The van der Waals surface area contributed by atoms with Crippen molar-refractivity contribution in [1.82, 2.24) is 20.2 Å². The van der Waals surface area contributed by atoms with Gasteiger partial charge in [0, 0.05) is 57.1 Å². The second-order valence-corrected chi connectivity index (χ2v) is 8.41. The number of nitrogens with zero attached hydrogens (tertiary/aromatic N) is 4. The van der Waals surface area contributed by atoms with Crippen LogP contribution in [-0.2, 0) is 11.3 Å². The fourth-order valence-electron chi connectivity index (χ4n) is 4.20. The van der Waals surface area contributed by atoms with Gasteiger partial charge in [-0.1, -0.05) is 17.7 Å². The van der Waals surface area contributed by atoms with E-state index < -0.39 is 0 Å². The molecule has 2 aliphatic heterocycles. The van der Waals surface area contributed by atoms with Crippen molar-refractivity contribution in [2.75, 3.05) is 31.1 Å². The number of hydrogen-bond acceptors (Lipinski definition) is 5. The van der Waals surface area contributed by atoms with Crippen molar-refractivity contribution in [3.05, 3.63) is 53.4 Å². The van der Waals surface area contributed by atoms with Crippen molar-refractivity contribution < 1.29 is 4.79 Å². The Morgan fingerprint density at radius 1 is 1.03 bits per heavy atom. The summed E-state index contributed by atoms with van der Waals surface area (Å²) in [6.07, 6.45) is 7.27. The minimum atomic E-state index is 0.102. The van der Waals surface area contributed by atoms with Crippen molar-refractivity contribution in [2.24, 2.45) is 5.92 Å². The Bertz CT molecular complexity index is 785. The van der Waals surface area contributed by atoms with Gasteiger partial charge < -0.3 is 10.2 Å². The number of likely N-dealkylation sites (tertiary alicyclic amines) is 1. The van der Waals surface area contributed by atoms with Crippen molar-refractivity contribution in [2.45, 2.75) is 38.3 Å². The van der Waals surface area contributed by atoms with Crippen LogP contribution in [0.2, 0.25) is 5.02 Å². The van der Waals surface area contributed by atoms with E-state index in [1.54, 1.807) is 6.20 Å². The zero-order chi connectivity index (χ0) is 20.1. The Balaban J connectivity index is 1.19. The molecule has 2 aliphatic rings. The summed E-state index contributed by atoms with van der Waals surface area (Å²) in [5, 5.41) is 3.95. The second-order valence-electron chi connectivity index (χ2n) is 7.98. The lowest BCUT2D eigenvalue weighted by molar-refractivity contribution is -0.126. The van der Waals surface area contributed by atoms with E-state index >= 15 is 0 Å². The molecule has 7 heteroatoms. The number of anilines is 1. The Kier molecular flexibility index (Phi) is 6.62. The number of pyridine rings is 2.